The summed E-state index contributed by atoms with van der Waals surface area (Å²) in [6.45, 7) is 4.68. The smallest absolute Gasteiger partial charge is 0.227 e. The molecular formula is C22H27N5O. The molecule has 2 aromatic heterocycles. The van der Waals surface area contributed by atoms with Crippen LogP contribution in [0.3, 0.4) is 0 Å². The van der Waals surface area contributed by atoms with E-state index in [1.54, 1.807) is 0 Å². The summed E-state index contributed by atoms with van der Waals surface area (Å²) in [4.78, 5) is 29.0. The normalized spacial score (nSPS) is 19.3. The molecule has 0 bridgehead atoms. The number of carbonyl (C=O) groups is 1. The first kappa shape index (κ1) is 17.5. The fourth-order valence-electron chi connectivity index (χ4n) is 5.16. The third-order valence-corrected chi connectivity index (χ3v) is 6.89. The molecule has 1 spiro atoms. The van der Waals surface area contributed by atoms with Gasteiger partial charge in [0.1, 0.15) is 0 Å². The fourth-order valence-corrected chi connectivity index (χ4v) is 5.16. The Hall–Kier alpha value is -2.60. The van der Waals surface area contributed by atoms with E-state index in [0.29, 0.717) is 6.42 Å². The Morgan fingerprint density at radius 1 is 1.21 bits per heavy atom. The maximum Gasteiger partial charge on any atom is 0.227 e. The molecule has 2 N–H and O–H groups in total. The number of amides is 1. The molecule has 0 atom stereocenters. The van der Waals surface area contributed by atoms with Gasteiger partial charge >= 0.3 is 0 Å². The van der Waals surface area contributed by atoms with Crippen LogP contribution < -0.4 is 0 Å². The van der Waals surface area contributed by atoms with Crippen molar-refractivity contribution in [2.75, 3.05) is 26.7 Å². The van der Waals surface area contributed by atoms with E-state index in [-0.39, 0.29) is 11.4 Å². The van der Waals surface area contributed by atoms with Gasteiger partial charge in [-0.05, 0) is 38.4 Å². The minimum atomic E-state index is -0.0267. The van der Waals surface area contributed by atoms with Crippen molar-refractivity contribution in [3.8, 4) is 0 Å². The van der Waals surface area contributed by atoms with Crippen LogP contribution in [-0.4, -0.2) is 57.3 Å². The van der Waals surface area contributed by atoms with E-state index in [2.05, 4.69) is 46.0 Å². The molecule has 1 saturated heterocycles. The van der Waals surface area contributed by atoms with Gasteiger partial charge in [0.05, 0.1) is 24.0 Å². The van der Waals surface area contributed by atoms with E-state index in [0.717, 1.165) is 61.1 Å². The summed E-state index contributed by atoms with van der Waals surface area (Å²) in [5.41, 5.74) is 5.77. The lowest BCUT2D eigenvalue weighted by Crippen LogP contribution is -2.55. The van der Waals surface area contributed by atoms with Crippen molar-refractivity contribution in [1.29, 1.82) is 0 Å². The molecule has 1 amide bonds. The Labute approximate surface area is 164 Å². The number of rotatable bonds is 2. The summed E-state index contributed by atoms with van der Waals surface area (Å²) in [5.74, 6) is 0.225. The van der Waals surface area contributed by atoms with Crippen molar-refractivity contribution in [3.63, 3.8) is 0 Å². The number of hydrogen-bond donors (Lipinski definition) is 2. The molecule has 28 heavy (non-hydrogen) atoms. The monoisotopic (exact) mass is 377 g/mol. The number of likely N-dealkylation sites (tertiary alicyclic amines) is 1. The first-order valence-corrected chi connectivity index (χ1v) is 10.2. The van der Waals surface area contributed by atoms with Crippen LogP contribution in [0.25, 0.3) is 10.9 Å². The molecule has 1 aromatic carbocycles. The quantitative estimate of drug-likeness (QED) is 0.722. The fraction of sp³-hybridized carbons (Fsp3) is 0.455. The minimum absolute atomic E-state index is 0.0267. The van der Waals surface area contributed by atoms with Crippen LogP contribution in [0.2, 0.25) is 0 Å². The van der Waals surface area contributed by atoms with Crippen LogP contribution >= 0.6 is 0 Å². The van der Waals surface area contributed by atoms with E-state index in [4.69, 9.17) is 0 Å². The van der Waals surface area contributed by atoms with Gasteiger partial charge in [0.15, 0.2) is 0 Å². The largest absolute Gasteiger partial charge is 0.358 e. The molecule has 146 valence electrons. The number of aromatic amines is 2. The first-order valence-electron chi connectivity index (χ1n) is 10.2. The zero-order valence-corrected chi connectivity index (χ0v) is 16.6. The maximum absolute atomic E-state index is 13.1. The highest BCUT2D eigenvalue weighted by molar-refractivity contribution is 5.90. The second-order valence-electron chi connectivity index (χ2n) is 8.26. The number of nitrogens with one attached hydrogen (secondary N) is 2. The standard InChI is InChI=1S/C22H27N5O/c1-15-17(16-5-3-4-6-18(16)25-15)13-20(28)27-11-8-22(9-12-27)21-19(23-14-24-21)7-10-26(22)2/h3-6,14,25H,7-13H2,1-2H3,(H,23,24). The number of piperidine rings is 1. The first-order chi connectivity index (χ1) is 13.6. The lowest BCUT2D eigenvalue weighted by molar-refractivity contribution is -0.133. The summed E-state index contributed by atoms with van der Waals surface area (Å²) >= 11 is 0. The molecular weight excluding hydrogens is 350 g/mol. The second-order valence-corrected chi connectivity index (χ2v) is 8.26. The predicted octanol–water partition coefficient (Wildman–Crippen LogP) is 2.75. The molecule has 2 aliphatic heterocycles. The van der Waals surface area contributed by atoms with Crippen molar-refractivity contribution in [1.82, 2.24) is 24.8 Å². The summed E-state index contributed by atoms with van der Waals surface area (Å²) in [5, 5.41) is 1.16. The van der Waals surface area contributed by atoms with Gasteiger partial charge in [0.25, 0.3) is 0 Å². The number of nitrogens with zero attached hydrogens (tertiary/aromatic N) is 3. The molecule has 6 heteroatoms. The zero-order chi connectivity index (χ0) is 19.3. The summed E-state index contributed by atoms with van der Waals surface area (Å²) in [6.07, 6.45) is 5.20. The van der Waals surface area contributed by atoms with Gasteiger partial charge in [-0.15, -0.1) is 0 Å². The third kappa shape index (κ3) is 2.58. The Kier molecular flexibility index (Phi) is 4.05. The number of likely N-dealkylation sites (N-methyl/N-ethyl adjacent to an activating group) is 1. The highest BCUT2D eigenvalue weighted by Crippen LogP contribution is 2.41. The predicted molar refractivity (Wildman–Crippen MR) is 109 cm³/mol. The minimum Gasteiger partial charge on any atom is -0.358 e. The lowest BCUT2D eigenvalue weighted by Gasteiger charge is -2.49. The van der Waals surface area contributed by atoms with Crippen molar-refractivity contribution >= 4 is 16.8 Å². The average molecular weight is 377 g/mol. The Morgan fingerprint density at radius 3 is 2.82 bits per heavy atom. The molecule has 6 nitrogen and oxygen atoms in total. The molecule has 0 aliphatic carbocycles. The number of fused-ring (bicyclic) bond motifs is 3. The van der Waals surface area contributed by atoms with Crippen LogP contribution in [0, 0.1) is 6.92 Å². The highest BCUT2D eigenvalue weighted by atomic mass is 16.2. The summed E-state index contributed by atoms with van der Waals surface area (Å²) < 4.78 is 0. The molecule has 0 unspecified atom stereocenters. The zero-order valence-electron chi connectivity index (χ0n) is 16.6. The lowest BCUT2D eigenvalue weighted by atomic mass is 9.79. The Morgan fingerprint density at radius 2 is 2.00 bits per heavy atom. The summed E-state index contributed by atoms with van der Waals surface area (Å²) in [7, 11) is 2.20. The van der Waals surface area contributed by atoms with Gasteiger partial charge in [-0.3, -0.25) is 9.69 Å². The number of hydrogen-bond acceptors (Lipinski definition) is 3. The van der Waals surface area contributed by atoms with Gasteiger partial charge in [-0.25, -0.2) is 4.98 Å². The topological polar surface area (TPSA) is 68.0 Å². The average Bonchev–Trinajstić information content (AvgIpc) is 3.31. The number of benzene rings is 1. The van der Waals surface area contributed by atoms with E-state index in [9.17, 15) is 4.79 Å². The van der Waals surface area contributed by atoms with E-state index >= 15 is 0 Å². The maximum atomic E-state index is 13.1. The molecule has 5 rings (SSSR count). The van der Waals surface area contributed by atoms with Gasteiger partial charge in [0, 0.05) is 48.3 Å². The Balaban J connectivity index is 1.33. The van der Waals surface area contributed by atoms with Crippen LogP contribution in [0.4, 0.5) is 0 Å². The SMILES string of the molecule is Cc1[nH]c2ccccc2c1CC(=O)N1CCC2(CC1)c1nc[nH]c1CCN2C. The van der Waals surface area contributed by atoms with Crippen molar-refractivity contribution in [2.45, 2.75) is 38.1 Å². The summed E-state index contributed by atoms with van der Waals surface area (Å²) in [6, 6.07) is 8.23. The van der Waals surface area contributed by atoms with E-state index < -0.39 is 0 Å². The molecule has 0 radical (unpaired) electrons. The number of carbonyl (C=O) groups excluding carboxylic acids is 1. The van der Waals surface area contributed by atoms with E-state index in [1.807, 2.05) is 23.4 Å². The van der Waals surface area contributed by atoms with Gasteiger partial charge in [0.2, 0.25) is 5.91 Å². The van der Waals surface area contributed by atoms with Crippen LogP contribution in [0.15, 0.2) is 30.6 Å². The van der Waals surface area contributed by atoms with E-state index in [1.165, 1.54) is 11.4 Å². The van der Waals surface area contributed by atoms with Gasteiger partial charge < -0.3 is 14.9 Å². The van der Waals surface area contributed by atoms with Crippen LogP contribution in [-0.2, 0) is 23.2 Å². The van der Waals surface area contributed by atoms with Crippen molar-refractivity contribution in [2.24, 2.45) is 0 Å². The van der Waals surface area contributed by atoms with Gasteiger partial charge in [-0.1, -0.05) is 18.2 Å². The molecule has 3 aromatic rings. The van der Waals surface area contributed by atoms with Gasteiger partial charge in [-0.2, -0.15) is 0 Å². The molecule has 0 saturated carbocycles. The Bertz CT molecular complexity index is 1020. The van der Waals surface area contributed by atoms with Crippen molar-refractivity contribution in [3.05, 3.63) is 53.2 Å². The number of para-hydroxylation sites is 1. The van der Waals surface area contributed by atoms with Crippen LogP contribution in [0.5, 0.6) is 0 Å². The van der Waals surface area contributed by atoms with Crippen LogP contribution in [0.1, 0.15) is 35.5 Å². The number of aromatic nitrogens is 3. The highest BCUT2D eigenvalue weighted by Gasteiger charge is 2.45. The number of imidazole rings is 1. The third-order valence-electron chi connectivity index (χ3n) is 6.89. The number of H-pyrrole nitrogens is 2. The molecule has 4 heterocycles. The van der Waals surface area contributed by atoms with Crippen molar-refractivity contribution < 1.29 is 4.79 Å². The number of aryl methyl sites for hydroxylation is 1. The second kappa shape index (κ2) is 6.48. The molecule has 1 fully saturated rings. The molecule has 2 aliphatic rings.